The van der Waals surface area contributed by atoms with Gasteiger partial charge in [0.1, 0.15) is 11.6 Å². The summed E-state index contributed by atoms with van der Waals surface area (Å²) < 4.78 is 20.7. The Kier molecular flexibility index (Phi) is 5.32. The van der Waals surface area contributed by atoms with Gasteiger partial charge < -0.3 is 15.0 Å². The first-order valence-electron chi connectivity index (χ1n) is 12.1. The molecule has 1 amide bonds. The highest BCUT2D eigenvalue weighted by Gasteiger charge is 2.35. The van der Waals surface area contributed by atoms with Gasteiger partial charge in [-0.15, -0.1) is 0 Å². The summed E-state index contributed by atoms with van der Waals surface area (Å²) in [6, 6.07) is 10.6. The summed E-state index contributed by atoms with van der Waals surface area (Å²) in [5, 5.41) is 11.6. The zero-order valence-corrected chi connectivity index (χ0v) is 18.9. The number of fused-ring (bicyclic) bond motifs is 3. The molecule has 1 aliphatic carbocycles. The van der Waals surface area contributed by atoms with E-state index in [1.165, 1.54) is 12.5 Å². The molecule has 3 aromatic rings. The number of halogens is 1. The van der Waals surface area contributed by atoms with Gasteiger partial charge >= 0.3 is 0 Å². The van der Waals surface area contributed by atoms with Crippen molar-refractivity contribution in [2.45, 2.75) is 56.7 Å². The van der Waals surface area contributed by atoms with Gasteiger partial charge in [-0.3, -0.25) is 9.59 Å². The van der Waals surface area contributed by atoms with E-state index in [1.54, 1.807) is 23.1 Å². The number of hydrogen-bond donors (Lipinski definition) is 2. The van der Waals surface area contributed by atoms with Crippen LogP contribution in [0.3, 0.4) is 0 Å². The number of likely N-dealkylation sites (tertiary alicyclic amines) is 1. The van der Waals surface area contributed by atoms with Gasteiger partial charge in [0.25, 0.3) is 11.5 Å². The van der Waals surface area contributed by atoms with Crippen molar-refractivity contribution in [2.24, 2.45) is 0 Å². The fraction of sp³-hybridized carbons (Fsp3) is 0.423. The molecule has 2 bridgehead atoms. The maximum atomic E-state index is 14.7. The number of hydrogen-bond acceptors (Lipinski definition) is 5. The molecule has 8 heteroatoms. The zero-order valence-electron chi connectivity index (χ0n) is 18.9. The van der Waals surface area contributed by atoms with Crippen LogP contribution in [0.2, 0.25) is 0 Å². The van der Waals surface area contributed by atoms with Crippen LogP contribution in [0.15, 0.2) is 41.2 Å². The van der Waals surface area contributed by atoms with Gasteiger partial charge in [0, 0.05) is 37.0 Å². The van der Waals surface area contributed by atoms with Gasteiger partial charge in [0.2, 0.25) is 0 Å². The number of benzene rings is 2. The lowest BCUT2D eigenvalue weighted by atomic mass is 9.96. The third-order valence-electron chi connectivity index (χ3n) is 7.33. The molecular weight excluding hydrogens is 435 g/mol. The first kappa shape index (κ1) is 21.3. The summed E-state index contributed by atoms with van der Waals surface area (Å²) in [6.45, 7) is 1.21. The van der Waals surface area contributed by atoms with Crippen molar-refractivity contribution in [3.05, 3.63) is 69.4 Å². The minimum absolute atomic E-state index is 0.0848. The van der Waals surface area contributed by atoms with E-state index in [0.717, 1.165) is 31.2 Å². The topological polar surface area (TPSA) is 87.3 Å². The van der Waals surface area contributed by atoms with E-state index in [9.17, 15) is 14.0 Å². The Morgan fingerprint density at radius 3 is 2.59 bits per heavy atom. The molecule has 2 aliphatic heterocycles. The highest BCUT2D eigenvalue weighted by molar-refractivity contribution is 5.95. The molecule has 3 fully saturated rings. The summed E-state index contributed by atoms with van der Waals surface area (Å²) >= 11 is 0. The molecule has 2 saturated heterocycles. The number of ether oxygens (including phenoxy) is 1. The second-order valence-corrected chi connectivity index (χ2v) is 9.72. The minimum atomic E-state index is -0.518. The maximum absolute atomic E-state index is 14.7. The first-order valence-corrected chi connectivity index (χ1v) is 12.1. The van der Waals surface area contributed by atoms with E-state index >= 15 is 0 Å². The Morgan fingerprint density at radius 2 is 1.85 bits per heavy atom. The number of nitrogens with one attached hydrogen (secondary N) is 2. The normalized spacial score (nSPS) is 22.1. The molecule has 1 saturated carbocycles. The van der Waals surface area contributed by atoms with Crippen LogP contribution in [0, 0.1) is 5.82 Å². The van der Waals surface area contributed by atoms with E-state index < -0.39 is 5.82 Å². The van der Waals surface area contributed by atoms with Crippen molar-refractivity contribution in [3.63, 3.8) is 0 Å². The molecule has 3 heterocycles. The van der Waals surface area contributed by atoms with Gasteiger partial charge in [-0.05, 0) is 68.0 Å². The lowest BCUT2D eigenvalue weighted by molar-refractivity contribution is 0.0692. The molecule has 6 rings (SSSR count). The SMILES string of the molecule is O=C(c1cc(Cc2n[nH]c(=O)c3ccc(OC4CCC4)cc23)ccc1F)N1C[C@H]2CC[C@@H](C1)N2. The van der Waals surface area contributed by atoms with Crippen LogP contribution >= 0.6 is 0 Å². The van der Waals surface area contributed by atoms with E-state index in [0.29, 0.717) is 53.8 Å². The Hall–Kier alpha value is -3.26. The van der Waals surface area contributed by atoms with Crippen LogP contribution in [0.4, 0.5) is 4.39 Å². The fourth-order valence-electron chi connectivity index (χ4n) is 5.26. The minimum Gasteiger partial charge on any atom is -0.490 e. The van der Waals surface area contributed by atoms with Gasteiger partial charge in [-0.1, -0.05) is 6.07 Å². The molecule has 0 spiro atoms. The average molecular weight is 463 g/mol. The van der Waals surface area contributed by atoms with Crippen LogP contribution in [0.25, 0.3) is 10.8 Å². The smallest absolute Gasteiger partial charge is 0.272 e. The monoisotopic (exact) mass is 462 g/mol. The van der Waals surface area contributed by atoms with E-state index in [4.69, 9.17) is 4.74 Å². The molecule has 34 heavy (non-hydrogen) atoms. The number of rotatable bonds is 5. The van der Waals surface area contributed by atoms with E-state index in [-0.39, 0.29) is 23.1 Å². The molecule has 3 aliphatic rings. The highest BCUT2D eigenvalue weighted by Crippen LogP contribution is 2.29. The molecule has 7 nitrogen and oxygen atoms in total. The highest BCUT2D eigenvalue weighted by atomic mass is 19.1. The van der Waals surface area contributed by atoms with Crippen LogP contribution in [0.1, 0.15) is 53.7 Å². The molecular formula is C26H27FN4O3. The molecule has 2 aromatic carbocycles. The predicted octanol–water partition coefficient (Wildman–Crippen LogP) is 3.16. The van der Waals surface area contributed by atoms with Crippen LogP contribution in [-0.2, 0) is 6.42 Å². The lowest BCUT2D eigenvalue weighted by Crippen LogP contribution is -2.53. The van der Waals surface area contributed by atoms with E-state index in [1.807, 2.05) is 12.1 Å². The largest absolute Gasteiger partial charge is 0.490 e. The lowest BCUT2D eigenvalue weighted by Gasteiger charge is -2.33. The Bertz CT molecular complexity index is 1310. The van der Waals surface area contributed by atoms with Crippen LogP contribution in [-0.4, -0.2) is 52.3 Å². The second kappa shape index (κ2) is 8.51. The molecule has 2 atom stereocenters. The maximum Gasteiger partial charge on any atom is 0.272 e. The molecule has 1 aromatic heterocycles. The summed E-state index contributed by atoms with van der Waals surface area (Å²) in [7, 11) is 0. The molecule has 176 valence electrons. The number of carbonyl (C=O) groups excluding carboxylic acids is 1. The molecule has 0 radical (unpaired) electrons. The van der Waals surface area contributed by atoms with Crippen molar-refractivity contribution in [2.75, 3.05) is 13.1 Å². The van der Waals surface area contributed by atoms with Crippen LogP contribution in [0.5, 0.6) is 5.75 Å². The van der Waals surface area contributed by atoms with Crippen molar-refractivity contribution < 1.29 is 13.9 Å². The van der Waals surface area contributed by atoms with Gasteiger partial charge in [0.05, 0.1) is 22.7 Å². The Morgan fingerprint density at radius 1 is 1.06 bits per heavy atom. The number of piperazine rings is 1. The van der Waals surface area contributed by atoms with Gasteiger partial charge in [-0.25, -0.2) is 9.49 Å². The quantitative estimate of drug-likeness (QED) is 0.608. The number of carbonyl (C=O) groups is 1. The van der Waals surface area contributed by atoms with Crippen molar-refractivity contribution in [1.82, 2.24) is 20.4 Å². The zero-order chi connectivity index (χ0) is 23.2. The predicted molar refractivity (Wildman–Crippen MR) is 126 cm³/mol. The standard InChI is InChI=1S/C26H27FN4O3/c27-23-9-4-15(10-22(23)26(33)31-13-16-5-6-17(14-31)28-16)11-24-21-12-19(34-18-2-1-3-18)7-8-20(21)25(32)30-29-24/h4,7-10,12,16-18,28H,1-3,5-6,11,13-14H2,(H,30,32)/t16-,17+. The van der Waals surface area contributed by atoms with Crippen molar-refractivity contribution >= 4 is 16.7 Å². The van der Waals surface area contributed by atoms with Gasteiger partial charge in [-0.2, -0.15) is 5.10 Å². The Balaban J connectivity index is 1.29. The van der Waals surface area contributed by atoms with E-state index in [2.05, 4.69) is 15.5 Å². The average Bonchev–Trinajstić information content (AvgIpc) is 3.16. The summed E-state index contributed by atoms with van der Waals surface area (Å²) in [6.07, 6.45) is 5.93. The third kappa shape index (κ3) is 3.96. The number of aromatic nitrogens is 2. The molecule has 0 unspecified atom stereocenters. The first-order chi connectivity index (χ1) is 16.5. The fourth-order valence-corrected chi connectivity index (χ4v) is 5.26. The Labute approximate surface area is 196 Å². The number of nitrogens with zero attached hydrogens (tertiary/aromatic N) is 2. The summed E-state index contributed by atoms with van der Waals surface area (Å²) in [4.78, 5) is 27.3. The second-order valence-electron chi connectivity index (χ2n) is 9.72. The van der Waals surface area contributed by atoms with Crippen LogP contribution < -0.4 is 15.6 Å². The van der Waals surface area contributed by atoms with Gasteiger partial charge in [0.15, 0.2) is 0 Å². The number of H-pyrrole nitrogens is 1. The molecule has 2 N–H and O–H groups in total. The summed E-state index contributed by atoms with van der Waals surface area (Å²) in [5.74, 6) is -0.0718. The number of amides is 1. The van der Waals surface area contributed by atoms with Crippen molar-refractivity contribution in [1.29, 1.82) is 0 Å². The third-order valence-corrected chi connectivity index (χ3v) is 7.33. The van der Waals surface area contributed by atoms with Crippen molar-refractivity contribution in [3.8, 4) is 5.75 Å². The summed E-state index contributed by atoms with van der Waals surface area (Å²) in [5.41, 5.74) is 1.23. The number of aromatic amines is 1.